The fourth-order valence-electron chi connectivity index (χ4n) is 2.35. The number of amides is 1. The van der Waals surface area contributed by atoms with Crippen molar-refractivity contribution >= 4 is 34.8 Å². The van der Waals surface area contributed by atoms with Crippen molar-refractivity contribution in [2.75, 3.05) is 10.6 Å². The van der Waals surface area contributed by atoms with E-state index >= 15 is 0 Å². The Morgan fingerprint density at radius 3 is 2.48 bits per heavy atom. The summed E-state index contributed by atoms with van der Waals surface area (Å²) in [6.07, 6.45) is 0. The highest BCUT2D eigenvalue weighted by Gasteiger charge is 2.11. The summed E-state index contributed by atoms with van der Waals surface area (Å²) < 4.78 is 0. The second kappa shape index (κ2) is 7.32. The molecule has 0 saturated carbocycles. The minimum atomic E-state index is -0.319. The van der Waals surface area contributed by atoms with Gasteiger partial charge in [-0.25, -0.2) is 9.97 Å². The summed E-state index contributed by atoms with van der Waals surface area (Å²) in [6, 6.07) is 16.5. The molecule has 3 aromatic rings. The molecule has 1 amide bonds. The van der Waals surface area contributed by atoms with Gasteiger partial charge in [-0.3, -0.25) is 4.79 Å². The highest BCUT2D eigenvalue weighted by Crippen LogP contribution is 2.18. The van der Waals surface area contributed by atoms with Crippen molar-refractivity contribution in [3.63, 3.8) is 0 Å². The Balaban J connectivity index is 1.82. The predicted molar refractivity (Wildman–Crippen MR) is 101 cm³/mol. The Hall–Kier alpha value is -2.92. The molecule has 0 saturated heterocycles. The molecule has 126 valence electrons. The lowest BCUT2D eigenvalue weighted by Gasteiger charge is -2.09. The molecule has 0 aliphatic carbocycles. The zero-order chi connectivity index (χ0) is 17.8. The number of hydrogen-bond donors (Lipinski definition) is 2. The standard InChI is InChI=1S/C19H17ClN4O/c1-12-5-3-7-15(9-12)23-19-21-13(2)10-17(24-19)18(25)22-16-8-4-6-14(20)11-16/h3-11H,1-2H3,(H,22,25)(H,21,23,24). The van der Waals surface area contributed by atoms with Gasteiger partial charge in [0.15, 0.2) is 0 Å². The van der Waals surface area contributed by atoms with Crippen molar-refractivity contribution in [1.82, 2.24) is 9.97 Å². The zero-order valence-corrected chi connectivity index (χ0v) is 14.6. The molecule has 2 N–H and O–H groups in total. The summed E-state index contributed by atoms with van der Waals surface area (Å²) >= 11 is 5.94. The summed E-state index contributed by atoms with van der Waals surface area (Å²) in [7, 11) is 0. The molecule has 1 heterocycles. The largest absolute Gasteiger partial charge is 0.324 e. The molecule has 1 aromatic heterocycles. The van der Waals surface area contributed by atoms with Gasteiger partial charge in [0, 0.05) is 22.1 Å². The van der Waals surface area contributed by atoms with E-state index < -0.39 is 0 Å². The molecule has 0 atom stereocenters. The van der Waals surface area contributed by atoms with Gasteiger partial charge in [-0.05, 0) is 55.8 Å². The van der Waals surface area contributed by atoms with Gasteiger partial charge >= 0.3 is 0 Å². The third kappa shape index (κ3) is 4.55. The number of aromatic nitrogens is 2. The first-order valence-electron chi connectivity index (χ1n) is 7.76. The average molecular weight is 353 g/mol. The molecule has 0 spiro atoms. The Bertz CT molecular complexity index is 927. The molecule has 3 rings (SSSR count). The van der Waals surface area contributed by atoms with Crippen LogP contribution in [0.4, 0.5) is 17.3 Å². The van der Waals surface area contributed by atoms with Crippen LogP contribution in [0.25, 0.3) is 0 Å². The Kier molecular flexibility index (Phi) is 4.95. The maximum absolute atomic E-state index is 12.5. The average Bonchev–Trinajstić information content (AvgIpc) is 2.54. The second-order valence-corrected chi connectivity index (χ2v) is 6.11. The Morgan fingerprint density at radius 1 is 0.960 bits per heavy atom. The normalized spacial score (nSPS) is 10.4. The van der Waals surface area contributed by atoms with E-state index in [2.05, 4.69) is 20.6 Å². The van der Waals surface area contributed by atoms with Crippen molar-refractivity contribution < 1.29 is 4.79 Å². The van der Waals surface area contributed by atoms with Gasteiger partial charge < -0.3 is 10.6 Å². The lowest BCUT2D eigenvalue weighted by molar-refractivity contribution is 0.102. The zero-order valence-electron chi connectivity index (χ0n) is 13.9. The van der Waals surface area contributed by atoms with Gasteiger partial charge in [0.1, 0.15) is 5.69 Å². The SMILES string of the molecule is Cc1cccc(Nc2nc(C)cc(C(=O)Nc3cccc(Cl)c3)n2)c1. The minimum Gasteiger partial charge on any atom is -0.324 e. The monoisotopic (exact) mass is 352 g/mol. The van der Waals surface area contributed by atoms with E-state index in [1.807, 2.05) is 38.1 Å². The number of anilines is 3. The van der Waals surface area contributed by atoms with Crippen molar-refractivity contribution in [2.24, 2.45) is 0 Å². The summed E-state index contributed by atoms with van der Waals surface area (Å²) in [5.41, 5.74) is 3.58. The van der Waals surface area contributed by atoms with Gasteiger partial charge in [0.25, 0.3) is 5.91 Å². The molecule has 0 unspecified atom stereocenters. The third-order valence-electron chi connectivity index (χ3n) is 3.44. The van der Waals surface area contributed by atoms with Crippen molar-refractivity contribution in [1.29, 1.82) is 0 Å². The summed E-state index contributed by atoms with van der Waals surface area (Å²) in [5.74, 6) is 0.0573. The fraction of sp³-hybridized carbons (Fsp3) is 0.105. The van der Waals surface area contributed by atoms with E-state index in [4.69, 9.17) is 11.6 Å². The van der Waals surface area contributed by atoms with Crippen LogP contribution in [-0.4, -0.2) is 15.9 Å². The maximum atomic E-state index is 12.5. The van der Waals surface area contributed by atoms with Gasteiger partial charge in [-0.1, -0.05) is 29.8 Å². The van der Waals surface area contributed by atoms with E-state index in [-0.39, 0.29) is 11.6 Å². The number of carbonyl (C=O) groups excluding carboxylic acids is 1. The molecule has 25 heavy (non-hydrogen) atoms. The first-order chi connectivity index (χ1) is 12.0. The number of rotatable bonds is 4. The molecule has 0 fully saturated rings. The number of benzene rings is 2. The molecular weight excluding hydrogens is 336 g/mol. The van der Waals surface area contributed by atoms with Crippen LogP contribution in [0.1, 0.15) is 21.7 Å². The first kappa shape index (κ1) is 16.9. The quantitative estimate of drug-likeness (QED) is 0.711. The molecule has 0 radical (unpaired) electrons. The highest BCUT2D eigenvalue weighted by atomic mass is 35.5. The topological polar surface area (TPSA) is 66.9 Å². The number of hydrogen-bond acceptors (Lipinski definition) is 4. The molecular formula is C19H17ClN4O. The number of nitrogens with one attached hydrogen (secondary N) is 2. The summed E-state index contributed by atoms with van der Waals surface area (Å²) in [5, 5.41) is 6.47. The van der Waals surface area contributed by atoms with Gasteiger partial charge in [-0.2, -0.15) is 0 Å². The number of carbonyl (C=O) groups is 1. The van der Waals surface area contributed by atoms with Crippen molar-refractivity contribution in [3.8, 4) is 0 Å². The van der Waals surface area contributed by atoms with Crippen LogP contribution in [0.2, 0.25) is 5.02 Å². The van der Waals surface area contributed by atoms with E-state index in [1.165, 1.54) is 0 Å². The second-order valence-electron chi connectivity index (χ2n) is 5.68. The van der Waals surface area contributed by atoms with Gasteiger partial charge in [-0.15, -0.1) is 0 Å². The summed E-state index contributed by atoms with van der Waals surface area (Å²) in [4.78, 5) is 21.1. The number of nitrogens with zero attached hydrogens (tertiary/aromatic N) is 2. The van der Waals surface area contributed by atoms with E-state index in [9.17, 15) is 4.79 Å². The van der Waals surface area contributed by atoms with Crippen molar-refractivity contribution in [3.05, 3.63) is 76.6 Å². The Labute approximate surface area is 151 Å². The van der Waals surface area contributed by atoms with Crippen LogP contribution in [-0.2, 0) is 0 Å². The molecule has 0 bridgehead atoms. The third-order valence-corrected chi connectivity index (χ3v) is 3.68. The molecule has 2 aromatic carbocycles. The smallest absolute Gasteiger partial charge is 0.274 e. The number of halogens is 1. The van der Waals surface area contributed by atoms with Crippen LogP contribution >= 0.6 is 11.6 Å². The van der Waals surface area contributed by atoms with E-state index in [0.717, 1.165) is 11.3 Å². The lowest BCUT2D eigenvalue weighted by Crippen LogP contribution is -2.15. The fourth-order valence-corrected chi connectivity index (χ4v) is 2.54. The van der Waals surface area contributed by atoms with Crippen LogP contribution < -0.4 is 10.6 Å². The Morgan fingerprint density at radius 2 is 1.72 bits per heavy atom. The number of aryl methyl sites for hydroxylation is 2. The van der Waals surface area contributed by atoms with Gasteiger partial charge in [0.05, 0.1) is 0 Å². The van der Waals surface area contributed by atoms with E-state index in [1.54, 1.807) is 30.3 Å². The lowest BCUT2D eigenvalue weighted by atomic mass is 10.2. The molecule has 6 heteroatoms. The summed E-state index contributed by atoms with van der Waals surface area (Å²) in [6.45, 7) is 3.82. The van der Waals surface area contributed by atoms with Crippen LogP contribution in [0.15, 0.2) is 54.6 Å². The van der Waals surface area contributed by atoms with E-state index in [0.29, 0.717) is 22.4 Å². The first-order valence-corrected chi connectivity index (χ1v) is 8.14. The maximum Gasteiger partial charge on any atom is 0.274 e. The van der Waals surface area contributed by atoms with Crippen molar-refractivity contribution in [2.45, 2.75) is 13.8 Å². The minimum absolute atomic E-state index is 0.280. The highest BCUT2D eigenvalue weighted by molar-refractivity contribution is 6.30. The predicted octanol–water partition coefficient (Wildman–Crippen LogP) is 4.74. The molecule has 5 nitrogen and oxygen atoms in total. The van der Waals surface area contributed by atoms with Crippen LogP contribution in [0, 0.1) is 13.8 Å². The van der Waals surface area contributed by atoms with Crippen LogP contribution in [0.3, 0.4) is 0 Å². The van der Waals surface area contributed by atoms with Crippen LogP contribution in [0.5, 0.6) is 0 Å². The molecule has 0 aliphatic rings. The molecule has 0 aliphatic heterocycles. The van der Waals surface area contributed by atoms with Gasteiger partial charge in [0.2, 0.25) is 5.95 Å².